The van der Waals surface area contributed by atoms with Crippen LogP contribution in [0.2, 0.25) is 0 Å². The van der Waals surface area contributed by atoms with Crippen LogP contribution in [0, 0.1) is 0 Å². The van der Waals surface area contributed by atoms with E-state index < -0.39 is 0 Å². The van der Waals surface area contributed by atoms with E-state index in [1.807, 2.05) is 29.6 Å². The fourth-order valence-electron chi connectivity index (χ4n) is 1.97. The maximum Gasteiger partial charge on any atom is 0.348 e. The number of pyridine rings is 1. The zero-order valence-electron chi connectivity index (χ0n) is 11.7. The van der Waals surface area contributed by atoms with Crippen LogP contribution in [0.25, 0.3) is 0 Å². The van der Waals surface area contributed by atoms with Gasteiger partial charge in [-0.3, -0.25) is 9.88 Å². The molecular weight excluding hydrogens is 272 g/mol. The van der Waals surface area contributed by atoms with Gasteiger partial charge in [0.2, 0.25) is 0 Å². The Morgan fingerprint density at radius 1 is 1.35 bits per heavy atom. The van der Waals surface area contributed by atoms with E-state index >= 15 is 0 Å². The Labute approximate surface area is 123 Å². The highest BCUT2D eigenvalue weighted by Crippen LogP contribution is 2.20. The van der Waals surface area contributed by atoms with Crippen LogP contribution in [0.3, 0.4) is 0 Å². The molecule has 2 aromatic heterocycles. The first-order chi connectivity index (χ1) is 9.74. The summed E-state index contributed by atoms with van der Waals surface area (Å²) in [6, 6.07) is 7.89. The van der Waals surface area contributed by atoms with Crippen LogP contribution in [-0.2, 0) is 17.8 Å². The maximum absolute atomic E-state index is 11.7. The van der Waals surface area contributed by atoms with Gasteiger partial charge in [0.15, 0.2) is 0 Å². The summed E-state index contributed by atoms with van der Waals surface area (Å²) in [6.07, 6.45) is 1.80. The van der Waals surface area contributed by atoms with Crippen molar-refractivity contribution in [1.82, 2.24) is 9.88 Å². The van der Waals surface area contributed by atoms with Crippen molar-refractivity contribution < 1.29 is 9.53 Å². The highest BCUT2D eigenvalue weighted by Gasteiger charge is 2.15. The minimum absolute atomic E-state index is 0.260. The summed E-state index contributed by atoms with van der Waals surface area (Å²) in [7, 11) is 1.41. The zero-order valence-corrected chi connectivity index (χ0v) is 12.5. The number of carbonyl (C=O) groups excluding carboxylic acids is 1. The molecule has 0 N–H and O–H groups in total. The summed E-state index contributed by atoms with van der Waals surface area (Å²) in [4.78, 5) is 19.0. The summed E-state index contributed by atoms with van der Waals surface area (Å²) >= 11 is 1.42. The maximum atomic E-state index is 11.7. The molecule has 0 radical (unpaired) electrons. The van der Waals surface area contributed by atoms with Crippen LogP contribution in [0.15, 0.2) is 35.8 Å². The molecule has 0 saturated heterocycles. The number of carbonyl (C=O) groups is 1. The summed E-state index contributed by atoms with van der Waals surface area (Å²) < 4.78 is 4.81. The molecule has 2 heterocycles. The molecule has 4 nitrogen and oxygen atoms in total. The smallest absolute Gasteiger partial charge is 0.348 e. The van der Waals surface area contributed by atoms with E-state index in [1.54, 1.807) is 6.20 Å². The molecule has 2 aromatic rings. The Morgan fingerprint density at radius 2 is 2.20 bits per heavy atom. The first kappa shape index (κ1) is 14.7. The molecule has 0 aromatic carbocycles. The van der Waals surface area contributed by atoms with Gasteiger partial charge in [-0.2, -0.15) is 0 Å². The molecule has 0 saturated carbocycles. The summed E-state index contributed by atoms with van der Waals surface area (Å²) in [5.74, 6) is -0.260. The van der Waals surface area contributed by atoms with Gasteiger partial charge in [0, 0.05) is 19.3 Å². The predicted octanol–water partition coefficient (Wildman–Crippen LogP) is 2.95. The van der Waals surface area contributed by atoms with Crippen molar-refractivity contribution >= 4 is 17.3 Å². The minimum Gasteiger partial charge on any atom is -0.465 e. The molecule has 0 aliphatic heterocycles. The SMILES string of the molecule is CCN(Cc1ccccn1)Cc1ccsc1C(=O)OC. The van der Waals surface area contributed by atoms with Crippen LogP contribution in [0.1, 0.15) is 27.9 Å². The largest absolute Gasteiger partial charge is 0.465 e. The number of nitrogens with zero attached hydrogens (tertiary/aromatic N) is 2. The molecule has 106 valence electrons. The average Bonchev–Trinajstić information content (AvgIpc) is 2.95. The first-order valence-corrected chi connectivity index (χ1v) is 7.39. The number of aromatic nitrogens is 1. The predicted molar refractivity (Wildman–Crippen MR) is 79.7 cm³/mol. The standard InChI is InChI=1S/C15H18N2O2S/c1-3-17(11-13-6-4-5-8-16-13)10-12-7-9-20-14(12)15(18)19-2/h4-9H,3,10-11H2,1-2H3. The Morgan fingerprint density at radius 3 is 2.85 bits per heavy atom. The van der Waals surface area contributed by atoms with Gasteiger partial charge in [0.25, 0.3) is 0 Å². The van der Waals surface area contributed by atoms with E-state index in [0.29, 0.717) is 4.88 Å². The number of hydrogen-bond acceptors (Lipinski definition) is 5. The van der Waals surface area contributed by atoms with Gasteiger partial charge >= 0.3 is 5.97 Å². The lowest BCUT2D eigenvalue weighted by molar-refractivity contribution is 0.0604. The van der Waals surface area contributed by atoms with Crippen molar-refractivity contribution in [2.45, 2.75) is 20.0 Å². The summed E-state index contributed by atoms with van der Waals surface area (Å²) in [5.41, 5.74) is 2.05. The van der Waals surface area contributed by atoms with Crippen molar-refractivity contribution in [2.24, 2.45) is 0 Å². The minimum atomic E-state index is -0.260. The van der Waals surface area contributed by atoms with Gasteiger partial charge in [-0.1, -0.05) is 13.0 Å². The molecule has 20 heavy (non-hydrogen) atoms. The Kier molecular flexibility index (Phi) is 5.26. The van der Waals surface area contributed by atoms with Crippen LogP contribution >= 0.6 is 11.3 Å². The van der Waals surface area contributed by atoms with Gasteiger partial charge in [0.1, 0.15) is 4.88 Å². The molecule has 2 rings (SSSR count). The molecule has 5 heteroatoms. The van der Waals surface area contributed by atoms with E-state index in [-0.39, 0.29) is 5.97 Å². The summed E-state index contributed by atoms with van der Waals surface area (Å²) in [5, 5.41) is 1.93. The van der Waals surface area contributed by atoms with E-state index in [1.165, 1.54) is 18.4 Å². The number of rotatable bonds is 6. The summed E-state index contributed by atoms with van der Waals surface area (Å²) in [6.45, 7) is 4.50. The average molecular weight is 290 g/mol. The quantitative estimate of drug-likeness (QED) is 0.767. The molecule has 0 fully saturated rings. The van der Waals surface area contributed by atoms with E-state index in [0.717, 1.165) is 30.9 Å². The monoisotopic (exact) mass is 290 g/mol. The number of methoxy groups -OCH3 is 1. The van der Waals surface area contributed by atoms with Gasteiger partial charge in [-0.25, -0.2) is 4.79 Å². The van der Waals surface area contributed by atoms with Crippen molar-refractivity contribution in [3.05, 3.63) is 52.0 Å². The lowest BCUT2D eigenvalue weighted by Gasteiger charge is -2.19. The van der Waals surface area contributed by atoms with Crippen molar-refractivity contribution in [3.63, 3.8) is 0 Å². The van der Waals surface area contributed by atoms with Crippen LogP contribution in [0.5, 0.6) is 0 Å². The number of hydrogen-bond donors (Lipinski definition) is 0. The van der Waals surface area contributed by atoms with Gasteiger partial charge in [-0.15, -0.1) is 11.3 Å². The molecule has 0 atom stereocenters. The Bertz CT molecular complexity index is 554. The second kappa shape index (κ2) is 7.17. The molecule has 0 aliphatic carbocycles. The fraction of sp³-hybridized carbons (Fsp3) is 0.333. The van der Waals surface area contributed by atoms with Crippen molar-refractivity contribution in [2.75, 3.05) is 13.7 Å². The van der Waals surface area contributed by atoms with E-state index in [9.17, 15) is 4.79 Å². The lowest BCUT2D eigenvalue weighted by Crippen LogP contribution is -2.23. The third-order valence-electron chi connectivity index (χ3n) is 3.07. The number of thiophene rings is 1. The van der Waals surface area contributed by atoms with Crippen LogP contribution < -0.4 is 0 Å². The molecule has 0 amide bonds. The van der Waals surface area contributed by atoms with Crippen molar-refractivity contribution in [1.29, 1.82) is 0 Å². The van der Waals surface area contributed by atoms with Crippen LogP contribution in [0.4, 0.5) is 0 Å². The van der Waals surface area contributed by atoms with E-state index in [4.69, 9.17) is 4.74 Å². The number of esters is 1. The Hall–Kier alpha value is -1.72. The highest BCUT2D eigenvalue weighted by molar-refractivity contribution is 7.12. The lowest BCUT2D eigenvalue weighted by atomic mass is 10.2. The van der Waals surface area contributed by atoms with Gasteiger partial charge < -0.3 is 4.74 Å². The topological polar surface area (TPSA) is 42.4 Å². The second-order valence-corrected chi connectivity index (χ2v) is 5.31. The first-order valence-electron chi connectivity index (χ1n) is 6.51. The molecule has 0 spiro atoms. The molecular formula is C15H18N2O2S. The van der Waals surface area contributed by atoms with Crippen molar-refractivity contribution in [3.8, 4) is 0 Å². The molecule has 0 bridgehead atoms. The van der Waals surface area contributed by atoms with Gasteiger partial charge in [-0.05, 0) is 35.7 Å². The van der Waals surface area contributed by atoms with E-state index in [2.05, 4.69) is 16.8 Å². The third kappa shape index (κ3) is 3.65. The zero-order chi connectivity index (χ0) is 14.4. The fourth-order valence-corrected chi connectivity index (χ4v) is 2.81. The third-order valence-corrected chi connectivity index (χ3v) is 4.01. The normalized spacial score (nSPS) is 10.8. The second-order valence-electron chi connectivity index (χ2n) is 4.39. The highest BCUT2D eigenvalue weighted by atomic mass is 32.1. The number of ether oxygens (including phenoxy) is 1. The van der Waals surface area contributed by atoms with Gasteiger partial charge in [0.05, 0.1) is 12.8 Å². The molecule has 0 unspecified atom stereocenters. The Balaban J connectivity index is 2.07. The van der Waals surface area contributed by atoms with Crippen LogP contribution in [-0.4, -0.2) is 29.5 Å². The molecule has 0 aliphatic rings.